The molecular weight excluding hydrogens is 304 g/mol. The second kappa shape index (κ2) is 4.26. The Morgan fingerprint density at radius 2 is 1.96 bits per heavy atom. The summed E-state index contributed by atoms with van der Waals surface area (Å²) in [5.41, 5.74) is 0.698. The highest BCUT2D eigenvalue weighted by molar-refractivity contribution is 6.42. The van der Waals surface area contributed by atoms with Gasteiger partial charge in [0.1, 0.15) is 5.66 Å². The van der Waals surface area contributed by atoms with Gasteiger partial charge in [-0.2, -0.15) is 0 Å². The van der Waals surface area contributed by atoms with Crippen LogP contribution in [0.5, 0.6) is 0 Å². The van der Waals surface area contributed by atoms with E-state index < -0.39 is 17.5 Å². The van der Waals surface area contributed by atoms with Crippen LogP contribution in [0, 0.1) is 5.41 Å². The average Bonchev–Trinajstić information content (AvgIpc) is 3.03. The predicted octanol–water partition coefficient (Wildman–Crippen LogP) is 2.21. The van der Waals surface area contributed by atoms with Crippen LogP contribution in [0.25, 0.3) is 0 Å². The van der Waals surface area contributed by atoms with Crippen molar-refractivity contribution < 1.29 is 14.4 Å². The Labute approximate surface area is 140 Å². The van der Waals surface area contributed by atoms with Gasteiger partial charge in [0.05, 0.1) is 11.6 Å². The smallest absolute Gasteiger partial charge is 0.292 e. The summed E-state index contributed by atoms with van der Waals surface area (Å²) >= 11 is 0. The number of piperidine rings is 2. The van der Waals surface area contributed by atoms with Crippen LogP contribution in [0.3, 0.4) is 0 Å². The van der Waals surface area contributed by atoms with Gasteiger partial charge in [0.15, 0.2) is 0 Å². The van der Waals surface area contributed by atoms with Crippen molar-refractivity contribution in [2.75, 3.05) is 11.4 Å². The fourth-order valence-corrected chi connectivity index (χ4v) is 6.04. The molecule has 3 saturated heterocycles. The van der Waals surface area contributed by atoms with Crippen LogP contribution < -0.4 is 4.90 Å². The molecular formula is C19H20N2O3. The number of carbonyl (C=O) groups excluding carboxylic acids is 3. The number of ketones is 1. The second-order valence-corrected chi connectivity index (χ2v) is 7.51. The monoisotopic (exact) mass is 324 g/mol. The SMILES string of the molecule is CCC12CCCN3C(=O)C(=O)C4c5ccccc5N(C(=O)CC1)C432. The van der Waals surface area contributed by atoms with Crippen LogP contribution in [0.1, 0.15) is 50.5 Å². The van der Waals surface area contributed by atoms with Crippen molar-refractivity contribution in [1.29, 1.82) is 0 Å². The third-order valence-corrected chi connectivity index (χ3v) is 6.92. The van der Waals surface area contributed by atoms with Gasteiger partial charge in [0.2, 0.25) is 11.7 Å². The van der Waals surface area contributed by atoms with Crippen molar-refractivity contribution in [3.8, 4) is 0 Å². The lowest BCUT2D eigenvalue weighted by Crippen LogP contribution is -2.73. The topological polar surface area (TPSA) is 57.7 Å². The number of para-hydroxylation sites is 1. The standard InChI is InChI=1S/C19H20N2O3/c1-2-18-9-5-11-20-17(24)16(23)15-12-6-3-4-7-13(12)21(19(15,18)20)14(22)8-10-18/h3-4,6-7,15H,2,5,8-11H2,1H3. The van der Waals surface area contributed by atoms with Crippen molar-refractivity contribution in [3.05, 3.63) is 29.8 Å². The van der Waals surface area contributed by atoms with Gasteiger partial charge in [0, 0.05) is 18.4 Å². The molecule has 0 aromatic heterocycles. The highest BCUT2D eigenvalue weighted by Gasteiger charge is 2.76. The van der Waals surface area contributed by atoms with Gasteiger partial charge in [-0.25, -0.2) is 0 Å². The number of hydrogen-bond donors (Lipinski definition) is 0. The second-order valence-electron chi connectivity index (χ2n) is 7.51. The van der Waals surface area contributed by atoms with E-state index in [-0.39, 0.29) is 17.1 Å². The molecule has 0 radical (unpaired) electrons. The molecule has 124 valence electrons. The molecule has 3 fully saturated rings. The molecule has 4 heterocycles. The van der Waals surface area contributed by atoms with Crippen LogP contribution in [-0.4, -0.2) is 34.7 Å². The Bertz CT molecular complexity index is 804. The lowest BCUT2D eigenvalue weighted by Gasteiger charge is -2.61. The Kier molecular flexibility index (Phi) is 2.52. The van der Waals surface area contributed by atoms with E-state index in [0.717, 1.165) is 36.9 Å². The number of nitrogens with zero attached hydrogens (tertiary/aromatic N) is 2. The summed E-state index contributed by atoms with van der Waals surface area (Å²) in [5.74, 6) is -1.21. The van der Waals surface area contributed by atoms with Gasteiger partial charge in [-0.15, -0.1) is 0 Å². The largest absolute Gasteiger partial charge is 0.311 e. The first kappa shape index (κ1) is 14.2. The number of amides is 2. The third kappa shape index (κ3) is 1.22. The van der Waals surface area contributed by atoms with Crippen LogP contribution in [0.15, 0.2) is 24.3 Å². The zero-order chi connectivity index (χ0) is 16.7. The first-order valence-corrected chi connectivity index (χ1v) is 8.86. The van der Waals surface area contributed by atoms with Crippen LogP contribution in [0.2, 0.25) is 0 Å². The molecule has 3 atom stereocenters. The normalized spacial score (nSPS) is 36.7. The average molecular weight is 324 g/mol. The Morgan fingerprint density at radius 3 is 2.75 bits per heavy atom. The van der Waals surface area contributed by atoms with Crippen molar-refractivity contribution in [3.63, 3.8) is 0 Å². The van der Waals surface area contributed by atoms with Gasteiger partial charge in [-0.05, 0) is 37.3 Å². The Balaban J connectivity index is 1.89. The van der Waals surface area contributed by atoms with E-state index in [1.54, 1.807) is 4.90 Å². The first-order chi connectivity index (χ1) is 11.6. The molecule has 4 aliphatic rings. The number of fused-ring (bicyclic) bond motifs is 3. The fraction of sp³-hybridized carbons (Fsp3) is 0.526. The number of Topliss-reactive ketones (excluding diaryl/α,β-unsaturated/α-hetero) is 1. The lowest BCUT2D eigenvalue weighted by atomic mass is 9.59. The van der Waals surface area contributed by atoms with Gasteiger partial charge in [-0.3, -0.25) is 19.3 Å². The lowest BCUT2D eigenvalue weighted by molar-refractivity contribution is -0.152. The summed E-state index contributed by atoms with van der Waals surface area (Å²) in [6, 6.07) is 7.65. The molecule has 5 nitrogen and oxygen atoms in total. The molecule has 5 rings (SSSR count). The fourth-order valence-electron chi connectivity index (χ4n) is 6.04. The maximum Gasteiger partial charge on any atom is 0.292 e. The van der Waals surface area contributed by atoms with Crippen molar-refractivity contribution in [2.24, 2.45) is 5.41 Å². The molecule has 0 aliphatic carbocycles. The molecule has 3 unspecified atom stereocenters. The molecule has 1 aromatic carbocycles. The van der Waals surface area contributed by atoms with Gasteiger partial charge < -0.3 is 4.90 Å². The first-order valence-electron chi connectivity index (χ1n) is 8.86. The highest BCUT2D eigenvalue weighted by atomic mass is 16.2. The minimum atomic E-state index is -0.798. The molecule has 2 amide bonds. The van der Waals surface area contributed by atoms with E-state index in [4.69, 9.17) is 0 Å². The highest BCUT2D eigenvalue weighted by Crippen LogP contribution is 2.67. The Morgan fingerprint density at radius 1 is 1.17 bits per heavy atom. The van der Waals surface area contributed by atoms with Gasteiger partial charge in [-0.1, -0.05) is 25.1 Å². The van der Waals surface area contributed by atoms with Crippen LogP contribution in [-0.2, 0) is 14.4 Å². The maximum atomic E-state index is 13.0. The van der Waals surface area contributed by atoms with Crippen molar-refractivity contribution >= 4 is 23.3 Å². The van der Waals surface area contributed by atoms with E-state index in [2.05, 4.69) is 6.92 Å². The zero-order valence-corrected chi connectivity index (χ0v) is 13.7. The predicted molar refractivity (Wildman–Crippen MR) is 87.3 cm³/mol. The molecule has 0 N–H and O–H groups in total. The summed E-state index contributed by atoms with van der Waals surface area (Å²) in [6.45, 7) is 2.71. The Hall–Kier alpha value is -2.17. The van der Waals surface area contributed by atoms with E-state index in [9.17, 15) is 14.4 Å². The molecule has 1 spiro atoms. The zero-order valence-electron chi connectivity index (χ0n) is 13.7. The number of hydrogen-bond acceptors (Lipinski definition) is 3. The van der Waals surface area contributed by atoms with E-state index in [1.807, 2.05) is 29.2 Å². The molecule has 4 aliphatic heterocycles. The van der Waals surface area contributed by atoms with Crippen LogP contribution >= 0.6 is 0 Å². The van der Waals surface area contributed by atoms with Crippen LogP contribution in [0.4, 0.5) is 5.69 Å². The van der Waals surface area contributed by atoms with E-state index in [0.29, 0.717) is 13.0 Å². The van der Waals surface area contributed by atoms with Crippen molar-refractivity contribution in [1.82, 2.24) is 4.90 Å². The summed E-state index contributed by atoms with van der Waals surface area (Å²) in [4.78, 5) is 42.3. The molecule has 24 heavy (non-hydrogen) atoms. The molecule has 0 saturated carbocycles. The minimum Gasteiger partial charge on any atom is -0.311 e. The summed E-state index contributed by atoms with van der Waals surface area (Å²) in [6.07, 6.45) is 4.00. The molecule has 0 bridgehead atoms. The third-order valence-electron chi connectivity index (χ3n) is 6.92. The van der Waals surface area contributed by atoms with Gasteiger partial charge in [0.25, 0.3) is 5.91 Å². The molecule has 1 aromatic rings. The molecule has 5 heteroatoms. The summed E-state index contributed by atoms with van der Waals surface area (Å²) in [5, 5.41) is 0. The quantitative estimate of drug-likeness (QED) is 0.744. The minimum absolute atomic E-state index is 0.0448. The number of rotatable bonds is 1. The summed E-state index contributed by atoms with van der Waals surface area (Å²) in [7, 11) is 0. The van der Waals surface area contributed by atoms with Gasteiger partial charge >= 0.3 is 0 Å². The number of benzene rings is 1. The van der Waals surface area contributed by atoms with E-state index >= 15 is 0 Å². The summed E-state index contributed by atoms with van der Waals surface area (Å²) < 4.78 is 0. The maximum absolute atomic E-state index is 13.0. The van der Waals surface area contributed by atoms with E-state index in [1.165, 1.54) is 0 Å². The number of anilines is 1. The van der Waals surface area contributed by atoms with Crippen molar-refractivity contribution in [2.45, 2.75) is 50.6 Å². The number of carbonyl (C=O) groups is 3.